The predicted octanol–water partition coefficient (Wildman–Crippen LogP) is 3.60. The van der Waals surface area contributed by atoms with Crippen molar-refractivity contribution < 1.29 is 15.0 Å². The quantitative estimate of drug-likeness (QED) is 0.862. The maximum Gasteiger partial charge on any atom is 0.222 e. The molecule has 1 aliphatic heterocycles. The fraction of sp³-hybridized carbons (Fsp3) is 0.762. The number of likely N-dealkylation sites (tertiary alicyclic amines) is 1. The van der Waals surface area contributed by atoms with Crippen LogP contribution in [0.3, 0.4) is 0 Å². The number of carbonyl (C=O) groups excluding carboxylic acids is 1. The summed E-state index contributed by atoms with van der Waals surface area (Å²) in [6, 6.07) is 0. The zero-order valence-corrected chi connectivity index (χ0v) is 15.8. The molecule has 1 saturated heterocycles. The van der Waals surface area contributed by atoms with E-state index in [9.17, 15) is 15.0 Å². The molecular formula is C21H32N2O3. The van der Waals surface area contributed by atoms with Gasteiger partial charge >= 0.3 is 0 Å². The summed E-state index contributed by atoms with van der Waals surface area (Å²) in [4.78, 5) is 14.7. The summed E-state index contributed by atoms with van der Waals surface area (Å²) in [5.41, 5.74) is 1.83. The number of aromatic hydroxyl groups is 2. The molecule has 2 fully saturated rings. The van der Waals surface area contributed by atoms with Gasteiger partial charge in [-0.1, -0.05) is 19.3 Å². The van der Waals surface area contributed by atoms with Gasteiger partial charge in [0.2, 0.25) is 5.91 Å². The van der Waals surface area contributed by atoms with E-state index in [1.807, 2.05) is 0 Å². The van der Waals surface area contributed by atoms with Crippen molar-refractivity contribution in [2.24, 2.45) is 11.8 Å². The topological polar surface area (TPSA) is 65.7 Å². The van der Waals surface area contributed by atoms with Crippen LogP contribution in [0.4, 0.5) is 0 Å². The molecule has 2 N–H and O–H groups in total. The fourth-order valence-corrected chi connectivity index (χ4v) is 5.41. The van der Waals surface area contributed by atoms with E-state index in [2.05, 4.69) is 4.90 Å². The number of piperidine rings is 1. The van der Waals surface area contributed by atoms with Crippen LogP contribution in [-0.2, 0) is 24.2 Å². The Hall–Kier alpha value is -1.65. The Morgan fingerprint density at radius 3 is 2.27 bits per heavy atom. The van der Waals surface area contributed by atoms with Crippen molar-refractivity contribution in [1.82, 2.24) is 9.47 Å². The molecule has 1 amide bonds. The van der Waals surface area contributed by atoms with Crippen LogP contribution in [0.15, 0.2) is 0 Å². The third-order valence-corrected chi connectivity index (χ3v) is 6.94. The maximum absolute atomic E-state index is 12.6. The van der Waals surface area contributed by atoms with Crippen molar-refractivity contribution in [3.8, 4) is 11.8 Å². The second-order valence-electron chi connectivity index (χ2n) is 8.50. The first-order valence-electron chi connectivity index (χ1n) is 10.5. The summed E-state index contributed by atoms with van der Waals surface area (Å²) in [5, 5.41) is 20.8. The first-order valence-corrected chi connectivity index (χ1v) is 10.5. The largest absolute Gasteiger partial charge is 0.494 e. The first kappa shape index (κ1) is 17.7. The summed E-state index contributed by atoms with van der Waals surface area (Å²) in [6.07, 6.45) is 11.5. The number of aromatic nitrogens is 1. The van der Waals surface area contributed by atoms with Crippen LogP contribution in [0.25, 0.3) is 0 Å². The molecule has 1 aromatic rings. The third kappa shape index (κ3) is 3.33. The first-order chi connectivity index (χ1) is 12.6. The van der Waals surface area contributed by atoms with Gasteiger partial charge in [-0.25, -0.2) is 0 Å². The Kier molecular flexibility index (Phi) is 5.14. The molecule has 0 radical (unpaired) electrons. The van der Waals surface area contributed by atoms with Gasteiger partial charge in [0.15, 0.2) is 11.8 Å². The minimum atomic E-state index is 0.215. The van der Waals surface area contributed by atoms with Gasteiger partial charge < -0.3 is 15.1 Å². The van der Waals surface area contributed by atoms with E-state index in [-0.39, 0.29) is 17.7 Å². The minimum absolute atomic E-state index is 0.215. The predicted molar refractivity (Wildman–Crippen MR) is 100 cm³/mol. The van der Waals surface area contributed by atoms with Gasteiger partial charge in [-0.3, -0.25) is 9.36 Å². The molecule has 5 nitrogen and oxygen atoms in total. The van der Waals surface area contributed by atoms with Crippen LogP contribution in [0, 0.1) is 11.8 Å². The standard InChI is InChI=1S/C21H32N2O3/c24-19(22-13-11-15-6-1-2-7-16(15)14-22)10-5-12-23-20(25)17-8-3-4-9-18(17)21(23)26/h15-16,25-26H,1-14H2. The van der Waals surface area contributed by atoms with E-state index in [4.69, 9.17) is 0 Å². The van der Waals surface area contributed by atoms with E-state index in [1.54, 1.807) is 4.57 Å². The molecule has 2 unspecified atom stereocenters. The van der Waals surface area contributed by atoms with Gasteiger partial charge in [-0.05, 0) is 56.8 Å². The van der Waals surface area contributed by atoms with Gasteiger partial charge in [0.1, 0.15) is 0 Å². The van der Waals surface area contributed by atoms with Gasteiger partial charge in [-0.15, -0.1) is 0 Å². The number of nitrogens with zero attached hydrogens (tertiary/aromatic N) is 2. The van der Waals surface area contributed by atoms with Gasteiger partial charge in [-0.2, -0.15) is 0 Å². The van der Waals surface area contributed by atoms with Crippen molar-refractivity contribution in [2.45, 2.75) is 77.2 Å². The zero-order chi connectivity index (χ0) is 18.1. The van der Waals surface area contributed by atoms with Crippen molar-refractivity contribution in [2.75, 3.05) is 13.1 Å². The molecule has 4 rings (SSSR count). The lowest BCUT2D eigenvalue weighted by atomic mass is 9.75. The molecular weight excluding hydrogens is 328 g/mol. The van der Waals surface area contributed by atoms with Gasteiger partial charge in [0, 0.05) is 37.2 Å². The lowest BCUT2D eigenvalue weighted by Gasteiger charge is -2.41. The average Bonchev–Trinajstić information content (AvgIpc) is 2.92. The highest BCUT2D eigenvalue weighted by atomic mass is 16.3. The van der Waals surface area contributed by atoms with Crippen molar-refractivity contribution in [3.63, 3.8) is 0 Å². The van der Waals surface area contributed by atoms with Crippen LogP contribution in [0.2, 0.25) is 0 Å². The number of hydrogen-bond donors (Lipinski definition) is 2. The van der Waals surface area contributed by atoms with Crippen LogP contribution < -0.4 is 0 Å². The number of carbonyl (C=O) groups is 1. The molecule has 144 valence electrons. The molecule has 0 aromatic carbocycles. The molecule has 2 atom stereocenters. The molecule has 0 spiro atoms. The van der Waals surface area contributed by atoms with Crippen molar-refractivity contribution in [1.29, 1.82) is 0 Å². The van der Waals surface area contributed by atoms with E-state index in [0.29, 0.717) is 25.3 Å². The zero-order valence-electron chi connectivity index (χ0n) is 15.8. The molecule has 5 heteroatoms. The van der Waals surface area contributed by atoms with E-state index >= 15 is 0 Å². The SMILES string of the molecule is O=C(CCCn1c(O)c2c(c1O)CCCC2)N1CCC2CCCCC2C1. The fourth-order valence-electron chi connectivity index (χ4n) is 5.41. The lowest BCUT2D eigenvalue weighted by molar-refractivity contribution is -0.134. The van der Waals surface area contributed by atoms with E-state index in [0.717, 1.165) is 55.8 Å². The Morgan fingerprint density at radius 2 is 1.58 bits per heavy atom. The highest BCUT2D eigenvalue weighted by Gasteiger charge is 2.32. The van der Waals surface area contributed by atoms with Crippen LogP contribution in [0.5, 0.6) is 11.8 Å². The number of hydrogen-bond acceptors (Lipinski definition) is 3. The maximum atomic E-state index is 12.6. The third-order valence-electron chi connectivity index (χ3n) is 6.94. The summed E-state index contributed by atoms with van der Waals surface area (Å²) in [6.45, 7) is 2.36. The Bertz CT molecular complexity index is 637. The van der Waals surface area contributed by atoms with Crippen LogP contribution >= 0.6 is 0 Å². The second kappa shape index (κ2) is 7.53. The van der Waals surface area contributed by atoms with Crippen molar-refractivity contribution >= 4 is 5.91 Å². The summed E-state index contributed by atoms with van der Waals surface area (Å²) in [7, 11) is 0. The Morgan fingerprint density at radius 1 is 0.923 bits per heavy atom. The Labute approximate surface area is 156 Å². The molecule has 1 aromatic heterocycles. The van der Waals surface area contributed by atoms with Crippen molar-refractivity contribution in [3.05, 3.63) is 11.1 Å². The summed E-state index contributed by atoms with van der Waals surface area (Å²) in [5.74, 6) is 2.23. The molecule has 26 heavy (non-hydrogen) atoms. The molecule has 2 aliphatic carbocycles. The number of rotatable bonds is 4. The van der Waals surface area contributed by atoms with Crippen LogP contribution in [0.1, 0.15) is 68.9 Å². The van der Waals surface area contributed by atoms with E-state index in [1.165, 1.54) is 32.1 Å². The van der Waals surface area contributed by atoms with Gasteiger partial charge in [0.25, 0.3) is 0 Å². The number of amides is 1. The minimum Gasteiger partial charge on any atom is -0.494 e. The Balaban J connectivity index is 1.31. The summed E-state index contributed by atoms with van der Waals surface area (Å²) >= 11 is 0. The molecule has 2 heterocycles. The second-order valence-corrected chi connectivity index (χ2v) is 8.50. The van der Waals surface area contributed by atoms with Gasteiger partial charge in [0.05, 0.1) is 0 Å². The highest BCUT2D eigenvalue weighted by Crippen LogP contribution is 2.39. The number of fused-ring (bicyclic) bond motifs is 2. The molecule has 1 saturated carbocycles. The molecule has 3 aliphatic rings. The smallest absolute Gasteiger partial charge is 0.222 e. The lowest BCUT2D eigenvalue weighted by Crippen LogP contribution is -2.44. The normalized spacial score (nSPS) is 25.6. The van der Waals surface area contributed by atoms with E-state index < -0.39 is 0 Å². The monoisotopic (exact) mass is 360 g/mol. The highest BCUT2D eigenvalue weighted by molar-refractivity contribution is 5.76. The average molecular weight is 360 g/mol. The summed E-state index contributed by atoms with van der Waals surface area (Å²) < 4.78 is 1.61. The molecule has 0 bridgehead atoms. The van der Waals surface area contributed by atoms with Crippen LogP contribution in [-0.4, -0.2) is 38.7 Å².